The van der Waals surface area contributed by atoms with E-state index in [4.69, 9.17) is 18.9 Å². The maximum absolute atomic E-state index is 12.6. The molecule has 0 atom stereocenters. The topological polar surface area (TPSA) is 71.3 Å². The smallest absolute Gasteiger partial charge is 0.252 e. The normalized spacial score (nSPS) is 13.2. The summed E-state index contributed by atoms with van der Waals surface area (Å²) in [5.74, 6) is 2.44. The van der Waals surface area contributed by atoms with Gasteiger partial charge in [-0.2, -0.15) is 4.99 Å². The Morgan fingerprint density at radius 1 is 1.14 bits per heavy atom. The molecule has 0 bridgehead atoms. The van der Waals surface area contributed by atoms with E-state index in [9.17, 15) is 4.79 Å². The van der Waals surface area contributed by atoms with Crippen LogP contribution in [0.15, 0.2) is 35.3 Å². The summed E-state index contributed by atoms with van der Waals surface area (Å²) >= 11 is 1.46. The number of ether oxygens (including phenoxy) is 4. The van der Waals surface area contributed by atoms with Gasteiger partial charge in [-0.25, -0.2) is 0 Å². The summed E-state index contributed by atoms with van der Waals surface area (Å²) in [6.45, 7) is 2.95. The summed E-state index contributed by atoms with van der Waals surface area (Å²) in [6, 6.07) is 9.30. The Kier molecular flexibility index (Phi) is 4.95. The van der Waals surface area contributed by atoms with E-state index in [2.05, 4.69) is 4.99 Å². The molecule has 0 saturated heterocycles. The molecule has 2 aromatic carbocycles. The first-order valence-corrected chi connectivity index (χ1v) is 9.66. The molecule has 146 valence electrons. The number of aromatic nitrogens is 1. The highest BCUT2D eigenvalue weighted by Gasteiger charge is 2.17. The molecule has 2 heterocycles. The summed E-state index contributed by atoms with van der Waals surface area (Å²) in [5.41, 5.74) is 1.80. The van der Waals surface area contributed by atoms with Crippen molar-refractivity contribution in [3.63, 3.8) is 0 Å². The molecule has 0 N–H and O–H groups in total. The predicted octanol–water partition coefficient (Wildman–Crippen LogP) is 3.14. The SMILES string of the molecule is CCn1c(=NC(=O)Cc2ccc(OC)c(OC)c2)sc2cc3c(cc21)OCO3. The molecule has 1 aromatic heterocycles. The Morgan fingerprint density at radius 2 is 1.89 bits per heavy atom. The van der Waals surface area contributed by atoms with Gasteiger partial charge in [-0.3, -0.25) is 4.79 Å². The van der Waals surface area contributed by atoms with Crippen molar-refractivity contribution in [2.24, 2.45) is 4.99 Å². The van der Waals surface area contributed by atoms with Crippen LogP contribution < -0.4 is 23.7 Å². The number of hydrogen-bond donors (Lipinski definition) is 0. The number of amides is 1. The first-order valence-electron chi connectivity index (χ1n) is 8.84. The van der Waals surface area contributed by atoms with Gasteiger partial charge in [0.1, 0.15) is 0 Å². The van der Waals surface area contributed by atoms with Gasteiger partial charge in [0.25, 0.3) is 5.91 Å². The highest BCUT2D eigenvalue weighted by atomic mass is 32.1. The summed E-state index contributed by atoms with van der Waals surface area (Å²) in [7, 11) is 3.15. The Balaban J connectivity index is 1.66. The average Bonchev–Trinajstić information content (AvgIpc) is 3.28. The molecule has 0 aliphatic carbocycles. The maximum atomic E-state index is 12.6. The number of carbonyl (C=O) groups excluding carboxylic acids is 1. The van der Waals surface area contributed by atoms with Crippen LogP contribution in [0.1, 0.15) is 12.5 Å². The van der Waals surface area contributed by atoms with Gasteiger partial charge < -0.3 is 23.5 Å². The second kappa shape index (κ2) is 7.55. The van der Waals surface area contributed by atoms with Crippen molar-refractivity contribution < 1.29 is 23.7 Å². The zero-order valence-corrected chi connectivity index (χ0v) is 16.7. The molecule has 3 aromatic rings. The fourth-order valence-corrected chi connectivity index (χ4v) is 4.28. The molecule has 1 aliphatic heterocycles. The van der Waals surface area contributed by atoms with E-state index in [0.717, 1.165) is 27.3 Å². The molecule has 7 nitrogen and oxygen atoms in total. The lowest BCUT2D eigenvalue weighted by Gasteiger charge is -2.08. The minimum absolute atomic E-state index is 0.182. The van der Waals surface area contributed by atoms with Crippen molar-refractivity contribution in [1.29, 1.82) is 0 Å². The Labute approximate surface area is 165 Å². The number of nitrogens with zero attached hydrogens (tertiary/aromatic N) is 2. The summed E-state index contributed by atoms with van der Waals surface area (Å²) in [4.78, 5) is 17.6. The molecule has 1 amide bonds. The number of hydrogen-bond acceptors (Lipinski definition) is 6. The molecule has 28 heavy (non-hydrogen) atoms. The third-order valence-corrected chi connectivity index (χ3v) is 5.56. The number of rotatable bonds is 5. The minimum atomic E-state index is -0.221. The minimum Gasteiger partial charge on any atom is -0.493 e. The number of methoxy groups -OCH3 is 2. The lowest BCUT2D eigenvalue weighted by atomic mass is 10.1. The van der Waals surface area contributed by atoms with Crippen LogP contribution in [-0.2, 0) is 17.8 Å². The van der Waals surface area contributed by atoms with Gasteiger partial charge in [0.15, 0.2) is 27.8 Å². The lowest BCUT2D eigenvalue weighted by Crippen LogP contribution is -2.16. The number of benzene rings is 2. The standard InChI is InChI=1S/C20H20N2O5S/c1-4-22-13-9-16-17(27-11-26-16)10-18(13)28-20(22)21-19(23)8-12-5-6-14(24-2)15(7-12)25-3/h5-7,9-10H,4,8,11H2,1-3H3. The van der Waals surface area contributed by atoms with Crippen LogP contribution in [0.5, 0.6) is 23.0 Å². The second-order valence-electron chi connectivity index (χ2n) is 6.17. The van der Waals surface area contributed by atoms with Crippen LogP contribution in [0.25, 0.3) is 10.2 Å². The Bertz CT molecular complexity index is 1120. The van der Waals surface area contributed by atoms with Crippen molar-refractivity contribution in [2.45, 2.75) is 19.9 Å². The first kappa shape index (κ1) is 18.4. The average molecular weight is 400 g/mol. The van der Waals surface area contributed by atoms with Gasteiger partial charge >= 0.3 is 0 Å². The largest absolute Gasteiger partial charge is 0.493 e. The van der Waals surface area contributed by atoms with Crippen LogP contribution in [0.2, 0.25) is 0 Å². The van der Waals surface area contributed by atoms with Gasteiger partial charge in [0.2, 0.25) is 6.79 Å². The van der Waals surface area contributed by atoms with E-state index < -0.39 is 0 Å². The predicted molar refractivity (Wildman–Crippen MR) is 105 cm³/mol. The summed E-state index contributed by atoms with van der Waals surface area (Å²) in [6.07, 6.45) is 0.182. The third kappa shape index (κ3) is 3.31. The quantitative estimate of drug-likeness (QED) is 0.658. The number of fused-ring (bicyclic) bond motifs is 2. The van der Waals surface area contributed by atoms with E-state index in [1.54, 1.807) is 26.4 Å². The zero-order valence-electron chi connectivity index (χ0n) is 15.9. The van der Waals surface area contributed by atoms with Crippen LogP contribution >= 0.6 is 11.3 Å². The van der Waals surface area contributed by atoms with Crippen LogP contribution in [0.4, 0.5) is 0 Å². The number of carbonyl (C=O) groups is 1. The van der Waals surface area contributed by atoms with Gasteiger partial charge in [-0.05, 0) is 24.6 Å². The molecule has 0 fully saturated rings. The van der Waals surface area contributed by atoms with Crippen molar-refractivity contribution in [1.82, 2.24) is 4.57 Å². The Morgan fingerprint density at radius 3 is 2.61 bits per heavy atom. The fourth-order valence-electron chi connectivity index (χ4n) is 3.16. The maximum Gasteiger partial charge on any atom is 0.252 e. The number of aryl methyl sites for hydroxylation is 1. The van der Waals surface area contributed by atoms with Gasteiger partial charge in [-0.15, -0.1) is 0 Å². The molecule has 0 unspecified atom stereocenters. The molecule has 0 radical (unpaired) electrons. The van der Waals surface area contributed by atoms with Crippen molar-refractivity contribution in [2.75, 3.05) is 21.0 Å². The van der Waals surface area contributed by atoms with E-state index >= 15 is 0 Å². The van der Waals surface area contributed by atoms with Gasteiger partial charge in [0, 0.05) is 18.7 Å². The first-order chi connectivity index (χ1) is 13.6. The summed E-state index contributed by atoms with van der Waals surface area (Å²) in [5, 5.41) is 0. The van der Waals surface area contributed by atoms with E-state index in [0.29, 0.717) is 22.8 Å². The fraction of sp³-hybridized carbons (Fsp3) is 0.300. The van der Waals surface area contributed by atoms with Crippen LogP contribution in [0.3, 0.4) is 0 Å². The molecule has 0 spiro atoms. The van der Waals surface area contributed by atoms with Crippen molar-refractivity contribution >= 4 is 27.5 Å². The molecular weight excluding hydrogens is 380 g/mol. The monoisotopic (exact) mass is 400 g/mol. The highest BCUT2D eigenvalue weighted by Crippen LogP contribution is 2.37. The molecular formula is C20H20N2O5S. The van der Waals surface area contributed by atoms with E-state index in [-0.39, 0.29) is 19.1 Å². The Hall–Kier alpha value is -3.00. The van der Waals surface area contributed by atoms with Crippen molar-refractivity contribution in [3.05, 3.63) is 40.7 Å². The zero-order chi connectivity index (χ0) is 19.7. The number of thiazole rings is 1. The van der Waals surface area contributed by atoms with E-state index in [1.165, 1.54) is 11.3 Å². The highest BCUT2D eigenvalue weighted by molar-refractivity contribution is 7.16. The van der Waals surface area contributed by atoms with E-state index in [1.807, 2.05) is 29.7 Å². The van der Waals surface area contributed by atoms with Crippen LogP contribution in [0, 0.1) is 0 Å². The third-order valence-electron chi connectivity index (χ3n) is 4.52. The lowest BCUT2D eigenvalue weighted by molar-refractivity contribution is -0.117. The van der Waals surface area contributed by atoms with Crippen LogP contribution in [-0.4, -0.2) is 31.5 Å². The molecule has 0 saturated carbocycles. The summed E-state index contributed by atoms with van der Waals surface area (Å²) < 4.78 is 24.5. The molecule has 8 heteroatoms. The molecule has 1 aliphatic rings. The molecule has 4 rings (SSSR count). The van der Waals surface area contributed by atoms with Gasteiger partial charge in [0.05, 0.1) is 30.9 Å². The van der Waals surface area contributed by atoms with Gasteiger partial charge in [-0.1, -0.05) is 17.4 Å². The van der Waals surface area contributed by atoms with Crippen molar-refractivity contribution in [3.8, 4) is 23.0 Å². The second-order valence-corrected chi connectivity index (χ2v) is 7.18.